The van der Waals surface area contributed by atoms with Gasteiger partial charge in [-0.1, -0.05) is 19.1 Å². The van der Waals surface area contributed by atoms with Crippen LogP contribution >= 0.6 is 0 Å². The van der Waals surface area contributed by atoms with E-state index in [1.807, 2.05) is 17.8 Å². The molecule has 0 aromatic carbocycles. The fourth-order valence-corrected chi connectivity index (χ4v) is 6.36. The van der Waals surface area contributed by atoms with Crippen LogP contribution < -0.4 is 4.90 Å². The molecule has 0 radical (unpaired) electrons. The molecular weight excluding hydrogens is 464 g/mol. The molecule has 10 heteroatoms. The van der Waals surface area contributed by atoms with Crippen molar-refractivity contribution in [3.05, 3.63) is 53.2 Å². The minimum atomic E-state index is 0.315. The normalized spacial score (nSPS) is 19.9. The molecule has 5 aromatic heterocycles. The smallest absolute Gasteiger partial charge is 0.158 e. The molecule has 1 N–H and O–H groups in total. The van der Waals surface area contributed by atoms with Gasteiger partial charge in [-0.3, -0.25) is 9.58 Å². The third-order valence-electron chi connectivity index (χ3n) is 8.30. The first-order chi connectivity index (χ1) is 17.9. The second-order valence-corrected chi connectivity index (χ2v) is 11.0. The predicted molar refractivity (Wildman–Crippen MR) is 143 cm³/mol. The highest BCUT2D eigenvalue weighted by Crippen LogP contribution is 2.40. The van der Waals surface area contributed by atoms with Crippen LogP contribution in [0.1, 0.15) is 48.6 Å². The molecule has 2 aliphatic rings. The van der Waals surface area contributed by atoms with Gasteiger partial charge in [0.1, 0.15) is 12.1 Å². The molecule has 7 rings (SSSR count). The zero-order chi connectivity index (χ0) is 25.4. The van der Waals surface area contributed by atoms with Crippen LogP contribution in [0, 0.1) is 13.8 Å². The third-order valence-corrected chi connectivity index (χ3v) is 8.30. The van der Waals surface area contributed by atoms with E-state index >= 15 is 0 Å². The van der Waals surface area contributed by atoms with Crippen molar-refractivity contribution in [1.29, 1.82) is 0 Å². The number of nitrogens with one attached hydrogen (secondary N) is 1. The largest absolute Gasteiger partial charge is 0.353 e. The maximum Gasteiger partial charge on any atom is 0.158 e. The van der Waals surface area contributed by atoms with Crippen molar-refractivity contribution in [2.24, 2.45) is 7.05 Å². The van der Waals surface area contributed by atoms with E-state index in [9.17, 15) is 0 Å². The summed E-state index contributed by atoms with van der Waals surface area (Å²) in [6.45, 7) is 11.7. The second kappa shape index (κ2) is 8.11. The number of anilines is 1. The molecule has 2 atom stereocenters. The number of piperazine rings is 1. The number of hydrogen-bond donors (Lipinski definition) is 1. The van der Waals surface area contributed by atoms with Crippen molar-refractivity contribution in [3.8, 4) is 11.3 Å². The summed E-state index contributed by atoms with van der Waals surface area (Å²) in [5, 5.41) is 12.8. The summed E-state index contributed by atoms with van der Waals surface area (Å²) in [5.74, 6) is 1.39. The van der Waals surface area contributed by atoms with Gasteiger partial charge in [-0.15, -0.1) is 5.10 Å². The van der Waals surface area contributed by atoms with Crippen molar-refractivity contribution in [2.45, 2.75) is 58.7 Å². The Hall–Kier alpha value is -3.79. The van der Waals surface area contributed by atoms with Gasteiger partial charge in [0.05, 0.1) is 22.4 Å². The van der Waals surface area contributed by atoms with Crippen molar-refractivity contribution < 1.29 is 0 Å². The number of aryl methyl sites for hydroxylation is 2. The van der Waals surface area contributed by atoms with Crippen LogP contribution in [0.5, 0.6) is 0 Å². The number of aromatic nitrogens is 8. The molecule has 2 bridgehead atoms. The van der Waals surface area contributed by atoms with Crippen LogP contribution in [-0.4, -0.2) is 69.6 Å². The molecule has 0 amide bonds. The molecule has 0 saturated carbocycles. The van der Waals surface area contributed by atoms with Crippen LogP contribution in [0.15, 0.2) is 30.9 Å². The number of fused-ring (bicyclic) bond motifs is 4. The first-order valence-corrected chi connectivity index (χ1v) is 13.1. The monoisotopic (exact) mass is 496 g/mol. The molecule has 37 heavy (non-hydrogen) atoms. The summed E-state index contributed by atoms with van der Waals surface area (Å²) >= 11 is 0. The van der Waals surface area contributed by atoms with Crippen molar-refractivity contribution in [2.75, 3.05) is 18.0 Å². The molecule has 2 saturated heterocycles. The van der Waals surface area contributed by atoms with Gasteiger partial charge >= 0.3 is 0 Å². The summed E-state index contributed by atoms with van der Waals surface area (Å²) < 4.78 is 3.65. The molecule has 10 nitrogen and oxygen atoms in total. The fraction of sp³-hybridized carbons (Fsp3) is 0.444. The molecule has 2 aliphatic heterocycles. The SMILES string of the molecule is Cc1c(-c2[nH]c3ccc(N4C[C@@H]5C[C@H]4CN5Cc4cn(C)nn4)nc3c2C(C)C)cn2ncnc2c1C. The molecule has 5 aromatic rings. The summed E-state index contributed by atoms with van der Waals surface area (Å²) in [7, 11) is 1.92. The Labute approximate surface area is 215 Å². The standard InChI is InChI=1S/C27H32N10/c1-15(2)24-25(21-13-37-27(28-14-29-37)17(4)16(21)3)30-22-6-7-23(31-26(22)24)36-12-19-8-20(36)11-35(19)10-18-9-34(5)33-32-18/h6-7,9,13-15,19-20,30H,8,10-12H2,1-5H3/t19-,20-/m0/s1. The van der Waals surface area contributed by atoms with E-state index in [1.54, 1.807) is 11.0 Å². The van der Waals surface area contributed by atoms with Crippen LogP contribution in [0.4, 0.5) is 5.82 Å². The Morgan fingerprint density at radius 3 is 2.68 bits per heavy atom. The highest BCUT2D eigenvalue weighted by atomic mass is 15.4. The van der Waals surface area contributed by atoms with Crippen LogP contribution in [0.2, 0.25) is 0 Å². The quantitative estimate of drug-likeness (QED) is 0.397. The topological polar surface area (TPSA) is 96.1 Å². The van der Waals surface area contributed by atoms with E-state index in [-0.39, 0.29) is 0 Å². The van der Waals surface area contributed by atoms with Gasteiger partial charge in [0.2, 0.25) is 0 Å². The Morgan fingerprint density at radius 2 is 1.95 bits per heavy atom. The minimum absolute atomic E-state index is 0.315. The van der Waals surface area contributed by atoms with Gasteiger partial charge in [0.15, 0.2) is 5.65 Å². The Morgan fingerprint density at radius 1 is 1.08 bits per heavy atom. The molecule has 2 fully saturated rings. The van der Waals surface area contributed by atoms with Crippen LogP contribution in [0.3, 0.4) is 0 Å². The van der Waals surface area contributed by atoms with E-state index < -0.39 is 0 Å². The summed E-state index contributed by atoms with van der Waals surface area (Å²) in [4.78, 5) is 18.5. The summed E-state index contributed by atoms with van der Waals surface area (Å²) in [6.07, 6.45) is 6.89. The second-order valence-electron chi connectivity index (χ2n) is 11.0. The van der Waals surface area contributed by atoms with Gasteiger partial charge in [-0.25, -0.2) is 14.5 Å². The predicted octanol–water partition coefficient (Wildman–Crippen LogP) is 3.60. The molecule has 0 spiro atoms. The molecule has 0 aliphatic carbocycles. The zero-order valence-electron chi connectivity index (χ0n) is 22.0. The molecular formula is C27H32N10. The number of H-pyrrole nitrogens is 1. The van der Waals surface area contributed by atoms with E-state index in [2.05, 4.69) is 81.2 Å². The Balaban J connectivity index is 1.23. The summed E-state index contributed by atoms with van der Waals surface area (Å²) in [6, 6.07) is 5.38. The molecule has 0 unspecified atom stereocenters. The van der Waals surface area contributed by atoms with Crippen LogP contribution in [0.25, 0.3) is 27.9 Å². The van der Waals surface area contributed by atoms with Gasteiger partial charge in [-0.2, -0.15) is 5.10 Å². The fourth-order valence-electron chi connectivity index (χ4n) is 6.36. The Kier molecular flexibility index (Phi) is 4.91. The zero-order valence-corrected chi connectivity index (χ0v) is 22.0. The van der Waals surface area contributed by atoms with E-state index in [0.29, 0.717) is 18.0 Å². The Bertz CT molecular complexity index is 1640. The highest BCUT2D eigenvalue weighted by molar-refractivity contribution is 5.90. The van der Waals surface area contributed by atoms with Crippen LogP contribution in [-0.2, 0) is 13.6 Å². The first-order valence-electron chi connectivity index (χ1n) is 13.1. The number of likely N-dealkylation sites (tertiary alicyclic amines) is 1. The average molecular weight is 497 g/mol. The number of hydrogen-bond acceptors (Lipinski definition) is 7. The van der Waals surface area contributed by atoms with E-state index in [1.165, 1.54) is 17.5 Å². The van der Waals surface area contributed by atoms with E-state index in [0.717, 1.165) is 64.6 Å². The number of pyridine rings is 2. The number of rotatable bonds is 5. The highest BCUT2D eigenvalue weighted by Gasteiger charge is 2.44. The summed E-state index contributed by atoms with van der Waals surface area (Å²) in [5.41, 5.74) is 9.99. The van der Waals surface area contributed by atoms with Crippen molar-refractivity contribution in [3.63, 3.8) is 0 Å². The lowest BCUT2D eigenvalue weighted by molar-refractivity contribution is 0.227. The van der Waals surface area contributed by atoms with Gasteiger partial charge < -0.3 is 9.88 Å². The number of nitrogens with zero attached hydrogens (tertiary/aromatic N) is 9. The third kappa shape index (κ3) is 3.46. The maximum absolute atomic E-state index is 5.28. The van der Waals surface area contributed by atoms with Gasteiger partial charge in [-0.05, 0) is 49.4 Å². The lowest BCUT2D eigenvalue weighted by atomic mass is 9.95. The van der Waals surface area contributed by atoms with Gasteiger partial charge in [0.25, 0.3) is 0 Å². The lowest BCUT2D eigenvalue weighted by Crippen LogP contribution is -2.46. The van der Waals surface area contributed by atoms with Crippen molar-refractivity contribution >= 4 is 22.5 Å². The molecule has 7 heterocycles. The minimum Gasteiger partial charge on any atom is -0.353 e. The first kappa shape index (κ1) is 22.4. The van der Waals surface area contributed by atoms with Gasteiger partial charge in [0, 0.05) is 62.3 Å². The van der Waals surface area contributed by atoms with E-state index in [4.69, 9.17) is 4.98 Å². The average Bonchev–Trinajstić information content (AvgIpc) is 3.69. The lowest BCUT2D eigenvalue weighted by Gasteiger charge is -2.34. The van der Waals surface area contributed by atoms with Crippen molar-refractivity contribution in [1.82, 2.24) is 44.5 Å². The number of aromatic amines is 1. The molecule has 190 valence electrons. The maximum atomic E-state index is 5.28.